The maximum Gasteiger partial charge on any atom is 0.337 e. The highest BCUT2D eigenvalue weighted by Gasteiger charge is 2.34. The number of aliphatic hydroxyl groups excluding tert-OH is 1. The number of ether oxygens (including phenoxy) is 1. The summed E-state index contributed by atoms with van der Waals surface area (Å²) in [6.07, 6.45) is 0. The number of anilines is 1. The second-order valence-corrected chi connectivity index (χ2v) is 6.16. The van der Waals surface area contributed by atoms with Crippen molar-refractivity contribution in [3.8, 4) is 0 Å². The standard InChI is InChI=1S/C16H20N2O4S/c1-3-23-13-7-5-4-6-12(13)17-14-11(16(21)22-2)10-18(8-9-19)15(14)20/h4-7,17,19H,3,8-10H2,1-2H3. The number of para-hydroxylation sites is 1. The fourth-order valence-corrected chi connectivity index (χ4v) is 3.10. The first-order valence-corrected chi connectivity index (χ1v) is 8.31. The van der Waals surface area contributed by atoms with Crippen molar-refractivity contribution >= 4 is 29.3 Å². The number of thioether (sulfide) groups is 1. The summed E-state index contributed by atoms with van der Waals surface area (Å²) in [5.41, 5.74) is 1.27. The lowest BCUT2D eigenvalue weighted by atomic mass is 10.2. The van der Waals surface area contributed by atoms with Crippen molar-refractivity contribution in [2.75, 3.05) is 37.9 Å². The van der Waals surface area contributed by atoms with Crippen molar-refractivity contribution in [1.29, 1.82) is 0 Å². The number of aliphatic hydroxyl groups is 1. The van der Waals surface area contributed by atoms with Gasteiger partial charge in [0.1, 0.15) is 5.70 Å². The van der Waals surface area contributed by atoms with Crippen LogP contribution in [-0.2, 0) is 14.3 Å². The van der Waals surface area contributed by atoms with Gasteiger partial charge in [-0.25, -0.2) is 4.79 Å². The number of methoxy groups -OCH3 is 1. The van der Waals surface area contributed by atoms with Gasteiger partial charge < -0.3 is 20.1 Å². The van der Waals surface area contributed by atoms with E-state index < -0.39 is 5.97 Å². The zero-order valence-corrected chi connectivity index (χ0v) is 14.0. The first-order valence-electron chi connectivity index (χ1n) is 7.32. The van der Waals surface area contributed by atoms with Gasteiger partial charge in [-0.2, -0.15) is 0 Å². The van der Waals surface area contributed by atoms with E-state index in [-0.39, 0.29) is 36.9 Å². The summed E-state index contributed by atoms with van der Waals surface area (Å²) >= 11 is 1.65. The number of esters is 1. The highest BCUT2D eigenvalue weighted by Crippen LogP contribution is 2.30. The molecule has 0 aliphatic carbocycles. The van der Waals surface area contributed by atoms with Crippen LogP contribution < -0.4 is 5.32 Å². The van der Waals surface area contributed by atoms with Crippen LogP contribution >= 0.6 is 11.8 Å². The van der Waals surface area contributed by atoms with Gasteiger partial charge in [-0.05, 0) is 17.9 Å². The molecule has 0 spiro atoms. The summed E-state index contributed by atoms with van der Waals surface area (Å²) in [7, 11) is 1.28. The molecule has 1 heterocycles. The number of carbonyl (C=O) groups is 2. The smallest absolute Gasteiger partial charge is 0.337 e. The van der Waals surface area contributed by atoms with Crippen molar-refractivity contribution in [2.45, 2.75) is 11.8 Å². The van der Waals surface area contributed by atoms with Crippen molar-refractivity contribution in [2.24, 2.45) is 0 Å². The monoisotopic (exact) mass is 336 g/mol. The lowest BCUT2D eigenvalue weighted by molar-refractivity contribution is -0.136. The Balaban J connectivity index is 2.33. The van der Waals surface area contributed by atoms with Crippen LogP contribution in [0.15, 0.2) is 40.4 Å². The van der Waals surface area contributed by atoms with Crippen LogP contribution in [0.4, 0.5) is 5.69 Å². The van der Waals surface area contributed by atoms with Crippen LogP contribution in [-0.4, -0.2) is 54.4 Å². The summed E-state index contributed by atoms with van der Waals surface area (Å²) < 4.78 is 4.77. The Labute approximate surface area is 139 Å². The van der Waals surface area contributed by atoms with Crippen molar-refractivity contribution in [3.05, 3.63) is 35.5 Å². The number of nitrogens with one attached hydrogen (secondary N) is 1. The van der Waals surface area contributed by atoms with Crippen molar-refractivity contribution < 1.29 is 19.4 Å². The first-order chi connectivity index (χ1) is 11.1. The van der Waals surface area contributed by atoms with Gasteiger partial charge >= 0.3 is 5.97 Å². The van der Waals surface area contributed by atoms with E-state index >= 15 is 0 Å². The van der Waals surface area contributed by atoms with Crippen LogP contribution in [0.5, 0.6) is 0 Å². The maximum absolute atomic E-state index is 12.5. The molecule has 1 aliphatic heterocycles. The number of rotatable bonds is 7. The van der Waals surface area contributed by atoms with Gasteiger partial charge in [0.05, 0.1) is 31.5 Å². The number of nitrogens with zero attached hydrogens (tertiary/aromatic N) is 1. The van der Waals surface area contributed by atoms with Gasteiger partial charge in [-0.3, -0.25) is 4.79 Å². The maximum atomic E-state index is 12.5. The molecule has 1 aliphatic rings. The Bertz CT molecular complexity index is 630. The average molecular weight is 336 g/mol. The third-order valence-electron chi connectivity index (χ3n) is 3.40. The lowest BCUT2D eigenvalue weighted by Gasteiger charge is -2.15. The second kappa shape index (κ2) is 8.03. The van der Waals surface area contributed by atoms with Crippen LogP contribution in [0, 0.1) is 0 Å². The molecule has 0 saturated carbocycles. The van der Waals surface area contributed by atoms with Crippen LogP contribution in [0.2, 0.25) is 0 Å². The molecule has 6 nitrogen and oxygen atoms in total. The van der Waals surface area contributed by atoms with Gasteiger partial charge in [0.15, 0.2) is 0 Å². The lowest BCUT2D eigenvalue weighted by Crippen LogP contribution is -2.31. The predicted molar refractivity (Wildman–Crippen MR) is 89.2 cm³/mol. The SMILES string of the molecule is CCSc1ccccc1NC1=C(C(=O)OC)CN(CCO)C1=O. The average Bonchev–Trinajstić information content (AvgIpc) is 2.86. The number of hydrogen-bond acceptors (Lipinski definition) is 6. The molecule has 0 aromatic heterocycles. The topological polar surface area (TPSA) is 78.9 Å². The number of amides is 1. The number of carbonyl (C=O) groups excluding carboxylic acids is 2. The Morgan fingerprint density at radius 3 is 2.83 bits per heavy atom. The van der Waals surface area contributed by atoms with E-state index in [4.69, 9.17) is 9.84 Å². The molecule has 1 aromatic carbocycles. The molecule has 0 atom stereocenters. The number of β-amino-alcohol motifs (C(OH)–C–C–N with tert-alkyl or cyclic N) is 1. The molecule has 0 bridgehead atoms. The van der Waals surface area contributed by atoms with E-state index in [1.54, 1.807) is 11.8 Å². The fourth-order valence-electron chi connectivity index (χ4n) is 2.33. The van der Waals surface area contributed by atoms with Crippen molar-refractivity contribution in [1.82, 2.24) is 4.90 Å². The summed E-state index contributed by atoms with van der Waals surface area (Å²) in [6.45, 7) is 2.20. The van der Waals surface area contributed by atoms with Crippen LogP contribution in [0.1, 0.15) is 6.92 Å². The van der Waals surface area contributed by atoms with Gasteiger partial charge in [0.25, 0.3) is 5.91 Å². The van der Waals surface area contributed by atoms with E-state index in [1.165, 1.54) is 12.0 Å². The Hall–Kier alpha value is -1.99. The third kappa shape index (κ3) is 3.86. The van der Waals surface area contributed by atoms with Gasteiger partial charge in [-0.1, -0.05) is 19.1 Å². The molecule has 0 unspecified atom stereocenters. The Morgan fingerprint density at radius 2 is 2.17 bits per heavy atom. The molecule has 23 heavy (non-hydrogen) atoms. The largest absolute Gasteiger partial charge is 0.466 e. The molecule has 1 aromatic rings. The van der Waals surface area contributed by atoms with Crippen LogP contribution in [0.25, 0.3) is 0 Å². The predicted octanol–water partition coefficient (Wildman–Crippen LogP) is 1.47. The van der Waals surface area contributed by atoms with Crippen LogP contribution in [0.3, 0.4) is 0 Å². The second-order valence-electron chi connectivity index (χ2n) is 4.85. The zero-order valence-electron chi connectivity index (χ0n) is 13.2. The van der Waals surface area contributed by atoms with E-state index in [0.717, 1.165) is 16.3 Å². The molecule has 0 saturated heterocycles. The van der Waals surface area contributed by atoms with E-state index in [9.17, 15) is 9.59 Å². The van der Waals surface area contributed by atoms with E-state index in [2.05, 4.69) is 5.32 Å². The molecular formula is C16H20N2O4S. The zero-order chi connectivity index (χ0) is 16.8. The van der Waals surface area contributed by atoms with E-state index in [1.807, 2.05) is 31.2 Å². The quantitative estimate of drug-likeness (QED) is 0.580. The minimum Gasteiger partial charge on any atom is -0.466 e. The Morgan fingerprint density at radius 1 is 1.43 bits per heavy atom. The highest BCUT2D eigenvalue weighted by atomic mass is 32.2. The molecule has 124 valence electrons. The normalized spacial score (nSPS) is 14.4. The molecule has 1 amide bonds. The van der Waals surface area contributed by atoms with Gasteiger partial charge in [0.2, 0.25) is 0 Å². The summed E-state index contributed by atoms with van der Waals surface area (Å²) in [5, 5.41) is 12.1. The summed E-state index contributed by atoms with van der Waals surface area (Å²) in [6, 6.07) is 7.61. The van der Waals surface area contributed by atoms with Gasteiger partial charge in [-0.15, -0.1) is 11.8 Å². The third-order valence-corrected chi connectivity index (χ3v) is 4.36. The Kier molecular flexibility index (Phi) is 6.06. The molecular weight excluding hydrogens is 316 g/mol. The summed E-state index contributed by atoms with van der Waals surface area (Å²) in [4.78, 5) is 26.9. The number of benzene rings is 1. The first kappa shape index (κ1) is 17.4. The van der Waals surface area contributed by atoms with Gasteiger partial charge in [0, 0.05) is 11.4 Å². The minimum absolute atomic E-state index is 0.136. The summed E-state index contributed by atoms with van der Waals surface area (Å²) in [5.74, 6) is 0.0456. The highest BCUT2D eigenvalue weighted by molar-refractivity contribution is 7.99. The minimum atomic E-state index is -0.540. The van der Waals surface area contributed by atoms with Crippen molar-refractivity contribution in [3.63, 3.8) is 0 Å². The van der Waals surface area contributed by atoms with E-state index in [0.29, 0.717) is 0 Å². The molecule has 2 N–H and O–H groups in total. The molecule has 7 heteroatoms. The molecule has 0 fully saturated rings. The fraction of sp³-hybridized carbons (Fsp3) is 0.375. The number of hydrogen-bond donors (Lipinski definition) is 2. The molecule has 0 radical (unpaired) electrons. The molecule has 2 rings (SSSR count).